The lowest BCUT2D eigenvalue weighted by molar-refractivity contribution is 0.0741. The number of benzene rings is 1. The molecule has 1 amide bonds. The van der Waals surface area contributed by atoms with Crippen molar-refractivity contribution in [1.29, 1.82) is 5.26 Å². The number of halogens is 2. The van der Waals surface area contributed by atoms with Crippen molar-refractivity contribution in [3.8, 4) is 6.07 Å². The van der Waals surface area contributed by atoms with E-state index in [1.54, 1.807) is 24.4 Å². The van der Waals surface area contributed by atoms with E-state index in [1.165, 1.54) is 4.90 Å². The van der Waals surface area contributed by atoms with Crippen LogP contribution in [-0.4, -0.2) is 15.8 Å². The van der Waals surface area contributed by atoms with Crippen LogP contribution in [0, 0.1) is 23.0 Å². The van der Waals surface area contributed by atoms with Crippen LogP contribution in [0.3, 0.4) is 0 Å². The number of carbonyl (C=O) groups excluding carboxylic acids is 1. The molecule has 0 aliphatic carbocycles. The minimum absolute atomic E-state index is 0.0631. The SMILES string of the molecule is N#CC1c2c(F)cc(F)cc2C(=O)N1Cc1ccccn1. The third-order valence-electron chi connectivity index (χ3n) is 3.35. The second kappa shape index (κ2) is 4.94. The molecule has 2 aromatic rings. The molecule has 2 heterocycles. The van der Waals surface area contributed by atoms with E-state index in [2.05, 4.69) is 4.98 Å². The summed E-state index contributed by atoms with van der Waals surface area (Å²) in [6, 6.07) is 7.63. The maximum absolute atomic E-state index is 13.9. The van der Waals surface area contributed by atoms with E-state index in [-0.39, 0.29) is 17.7 Å². The zero-order chi connectivity index (χ0) is 15.0. The van der Waals surface area contributed by atoms with Gasteiger partial charge in [-0.2, -0.15) is 5.26 Å². The van der Waals surface area contributed by atoms with Gasteiger partial charge < -0.3 is 4.90 Å². The topological polar surface area (TPSA) is 57.0 Å². The van der Waals surface area contributed by atoms with Crippen molar-refractivity contribution >= 4 is 5.91 Å². The maximum Gasteiger partial charge on any atom is 0.256 e. The molecule has 0 fully saturated rings. The highest BCUT2D eigenvalue weighted by atomic mass is 19.1. The van der Waals surface area contributed by atoms with E-state index < -0.39 is 23.6 Å². The van der Waals surface area contributed by atoms with Crippen molar-refractivity contribution in [2.24, 2.45) is 0 Å². The predicted molar refractivity (Wildman–Crippen MR) is 68.8 cm³/mol. The van der Waals surface area contributed by atoms with Gasteiger partial charge in [0, 0.05) is 17.8 Å². The Hall–Kier alpha value is -2.81. The van der Waals surface area contributed by atoms with E-state index in [0.717, 1.165) is 6.07 Å². The van der Waals surface area contributed by atoms with E-state index >= 15 is 0 Å². The number of nitriles is 1. The fourth-order valence-corrected chi connectivity index (χ4v) is 2.43. The smallest absolute Gasteiger partial charge is 0.256 e. The van der Waals surface area contributed by atoms with Crippen molar-refractivity contribution in [2.45, 2.75) is 12.6 Å². The molecule has 1 aromatic heterocycles. The largest absolute Gasteiger partial charge is 0.312 e. The molecular weight excluding hydrogens is 276 g/mol. The molecule has 0 bridgehead atoms. The van der Waals surface area contributed by atoms with E-state index in [0.29, 0.717) is 11.8 Å². The van der Waals surface area contributed by atoms with E-state index in [1.807, 2.05) is 6.07 Å². The predicted octanol–water partition coefficient (Wildman–Crippen LogP) is 2.58. The molecule has 0 N–H and O–H groups in total. The van der Waals surface area contributed by atoms with Gasteiger partial charge in [-0.05, 0) is 18.2 Å². The van der Waals surface area contributed by atoms with E-state index in [4.69, 9.17) is 0 Å². The van der Waals surface area contributed by atoms with Crippen LogP contribution in [0.5, 0.6) is 0 Å². The van der Waals surface area contributed by atoms with Crippen molar-refractivity contribution in [1.82, 2.24) is 9.88 Å². The fraction of sp³-hybridized carbons (Fsp3) is 0.133. The van der Waals surface area contributed by atoms with Gasteiger partial charge in [0.25, 0.3) is 5.91 Å². The van der Waals surface area contributed by atoms with Crippen LogP contribution < -0.4 is 0 Å². The van der Waals surface area contributed by atoms with Gasteiger partial charge in [-0.25, -0.2) is 8.78 Å². The number of pyridine rings is 1. The Morgan fingerprint density at radius 3 is 2.81 bits per heavy atom. The third kappa shape index (κ3) is 2.13. The molecule has 104 valence electrons. The lowest BCUT2D eigenvalue weighted by Gasteiger charge is -2.19. The zero-order valence-electron chi connectivity index (χ0n) is 10.8. The van der Waals surface area contributed by atoms with Gasteiger partial charge in [-0.3, -0.25) is 9.78 Å². The third-order valence-corrected chi connectivity index (χ3v) is 3.35. The molecule has 1 aliphatic heterocycles. The highest BCUT2D eigenvalue weighted by molar-refractivity contribution is 5.99. The van der Waals surface area contributed by atoms with Crippen molar-refractivity contribution in [2.75, 3.05) is 0 Å². The molecule has 6 heteroatoms. The molecule has 3 rings (SSSR count). The van der Waals surface area contributed by atoms with Crippen molar-refractivity contribution in [3.05, 3.63) is 65.0 Å². The quantitative estimate of drug-likeness (QED) is 0.852. The average Bonchev–Trinajstić information content (AvgIpc) is 2.73. The Balaban J connectivity index is 2.03. The van der Waals surface area contributed by atoms with Gasteiger partial charge >= 0.3 is 0 Å². The van der Waals surface area contributed by atoms with Crippen LogP contribution in [0.4, 0.5) is 8.78 Å². The summed E-state index contributed by atoms with van der Waals surface area (Å²) in [4.78, 5) is 17.6. The molecule has 1 unspecified atom stereocenters. The zero-order valence-corrected chi connectivity index (χ0v) is 10.8. The summed E-state index contributed by atoms with van der Waals surface area (Å²) in [7, 11) is 0. The number of carbonyl (C=O) groups is 1. The minimum atomic E-state index is -1.07. The van der Waals surface area contributed by atoms with Gasteiger partial charge in [0.2, 0.25) is 0 Å². The second-order valence-corrected chi connectivity index (χ2v) is 4.63. The summed E-state index contributed by atoms with van der Waals surface area (Å²) in [5.41, 5.74) is 0.398. The van der Waals surface area contributed by atoms with Gasteiger partial charge in [-0.15, -0.1) is 0 Å². The molecule has 0 spiro atoms. The molecule has 21 heavy (non-hydrogen) atoms. The Bertz CT molecular complexity index is 756. The van der Waals surface area contributed by atoms with Gasteiger partial charge in [0.05, 0.1) is 23.9 Å². The van der Waals surface area contributed by atoms with Gasteiger partial charge in [-0.1, -0.05) is 6.07 Å². The summed E-state index contributed by atoms with van der Waals surface area (Å²) in [5.74, 6) is -2.29. The Morgan fingerprint density at radius 2 is 2.14 bits per heavy atom. The lowest BCUT2D eigenvalue weighted by atomic mass is 10.0. The molecular formula is C15H9F2N3O. The molecule has 1 aromatic carbocycles. The number of aromatic nitrogens is 1. The van der Waals surface area contributed by atoms with Crippen molar-refractivity contribution < 1.29 is 13.6 Å². The summed E-state index contributed by atoms with van der Waals surface area (Å²) >= 11 is 0. The van der Waals surface area contributed by atoms with E-state index in [9.17, 15) is 18.8 Å². The molecule has 0 saturated carbocycles. The Labute approximate surface area is 119 Å². The standard InChI is InChI=1S/C15H9F2N3O/c16-9-5-11-14(12(17)6-9)13(7-18)20(15(11)21)8-10-3-1-2-4-19-10/h1-6,13H,8H2. The molecule has 1 aliphatic rings. The van der Waals surface area contributed by atoms with Crippen LogP contribution in [-0.2, 0) is 6.54 Å². The first-order valence-corrected chi connectivity index (χ1v) is 6.21. The van der Waals surface area contributed by atoms with Crippen molar-refractivity contribution in [3.63, 3.8) is 0 Å². The first-order chi connectivity index (χ1) is 10.1. The van der Waals surface area contributed by atoms with Crippen LogP contribution >= 0.6 is 0 Å². The summed E-state index contributed by atoms with van der Waals surface area (Å²) in [5, 5.41) is 9.25. The second-order valence-electron chi connectivity index (χ2n) is 4.63. The van der Waals surface area contributed by atoms with Gasteiger partial charge in [0.1, 0.15) is 17.7 Å². The molecule has 0 saturated heterocycles. The highest BCUT2D eigenvalue weighted by Gasteiger charge is 2.39. The van der Waals surface area contributed by atoms with Crippen LogP contribution in [0.15, 0.2) is 36.5 Å². The number of nitrogens with zero attached hydrogens (tertiary/aromatic N) is 3. The number of amides is 1. The first kappa shape index (κ1) is 13.2. The number of hydrogen-bond donors (Lipinski definition) is 0. The highest BCUT2D eigenvalue weighted by Crippen LogP contribution is 2.36. The number of fused-ring (bicyclic) bond motifs is 1. The van der Waals surface area contributed by atoms with Gasteiger partial charge in [0.15, 0.2) is 0 Å². The van der Waals surface area contributed by atoms with Crippen LogP contribution in [0.25, 0.3) is 0 Å². The summed E-state index contributed by atoms with van der Waals surface area (Å²) in [6.45, 7) is 0.0631. The number of rotatable bonds is 2. The normalized spacial score (nSPS) is 16.7. The Morgan fingerprint density at radius 1 is 1.33 bits per heavy atom. The summed E-state index contributed by atoms with van der Waals surface area (Å²) < 4.78 is 27.2. The first-order valence-electron chi connectivity index (χ1n) is 6.21. The Kier molecular flexibility index (Phi) is 3.10. The monoisotopic (exact) mass is 285 g/mol. The minimum Gasteiger partial charge on any atom is -0.312 e. The van der Waals surface area contributed by atoms with Crippen LogP contribution in [0.2, 0.25) is 0 Å². The fourth-order valence-electron chi connectivity index (χ4n) is 2.43. The molecule has 1 atom stereocenters. The van der Waals surface area contributed by atoms with Crippen LogP contribution in [0.1, 0.15) is 27.7 Å². The molecule has 4 nitrogen and oxygen atoms in total. The number of hydrogen-bond acceptors (Lipinski definition) is 3. The molecule has 0 radical (unpaired) electrons. The average molecular weight is 285 g/mol. The summed E-state index contributed by atoms with van der Waals surface area (Å²) in [6.07, 6.45) is 1.56. The maximum atomic E-state index is 13.9. The lowest BCUT2D eigenvalue weighted by Crippen LogP contribution is -2.27.